The number of nitrogens with zero attached hydrogens (tertiary/aromatic N) is 1. The predicted molar refractivity (Wildman–Crippen MR) is 85.2 cm³/mol. The van der Waals surface area contributed by atoms with E-state index in [1.165, 1.54) is 12.1 Å². The van der Waals surface area contributed by atoms with Crippen LogP contribution in [0.2, 0.25) is 0 Å². The van der Waals surface area contributed by atoms with Gasteiger partial charge in [0.05, 0.1) is 0 Å². The van der Waals surface area contributed by atoms with E-state index in [0.717, 1.165) is 25.6 Å². The maximum absolute atomic E-state index is 13.7. The minimum atomic E-state index is -0.565. The SMILES string of the molecule is CCNC(=NCC(C)c1ccc(F)cc1F)NCCCOC. The van der Waals surface area contributed by atoms with Crippen molar-refractivity contribution in [2.75, 3.05) is 33.4 Å². The molecule has 6 heteroatoms. The van der Waals surface area contributed by atoms with Crippen LogP contribution in [-0.2, 0) is 4.74 Å². The number of hydrogen-bond donors (Lipinski definition) is 2. The van der Waals surface area contributed by atoms with Crippen molar-refractivity contribution in [1.82, 2.24) is 10.6 Å². The van der Waals surface area contributed by atoms with Crippen molar-refractivity contribution < 1.29 is 13.5 Å². The topological polar surface area (TPSA) is 45.7 Å². The van der Waals surface area contributed by atoms with Crippen molar-refractivity contribution in [2.45, 2.75) is 26.2 Å². The Hall–Kier alpha value is -1.69. The molecule has 124 valence electrons. The average molecular weight is 313 g/mol. The summed E-state index contributed by atoms with van der Waals surface area (Å²) in [4.78, 5) is 4.44. The fourth-order valence-corrected chi connectivity index (χ4v) is 1.99. The number of benzene rings is 1. The van der Waals surface area contributed by atoms with Crippen LogP contribution in [0.3, 0.4) is 0 Å². The predicted octanol–water partition coefficient (Wildman–Crippen LogP) is 2.66. The third-order valence-electron chi connectivity index (χ3n) is 3.18. The van der Waals surface area contributed by atoms with E-state index in [1.54, 1.807) is 7.11 Å². The lowest BCUT2D eigenvalue weighted by atomic mass is 10.0. The number of guanidine groups is 1. The van der Waals surface area contributed by atoms with Gasteiger partial charge in [-0.2, -0.15) is 0 Å². The molecule has 0 spiro atoms. The molecule has 0 heterocycles. The maximum Gasteiger partial charge on any atom is 0.191 e. The second-order valence-electron chi connectivity index (χ2n) is 5.06. The maximum atomic E-state index is 13.7. The van der Waals surface area contributed by atoms with Crippen LogP contribution in [0.1, 0.15) is 31.7 Å². The summed E-state index contributed by atoms with van der Waals surface area (Å²) in [6, 6.07) is 3.65. The molecule has 2 N–H and O–H groups in total. The van der Waals surface area contributed by atoms with Crippen molar-refractivity contribution in [3.8, 4) is 0 Å². The van der Waals surface area contributed by atoms with Gasteiger partial charge in [0.2, 0.25) is 0 Å². The van der Waals surface area contributed by atoms with Crippen LogP contribution in [0, 0.1) is 11.6 Å². The molecule has 1 unspecified atom stereocenters. The second kappa shape index (κ2) is 10.1. The second-order valence-corrected chi connectivity index (χ2v) is 5.06. The minimum absolute atomic E-state index is 0.130. The first-order valence-corrected chi connectivity index (χ1v) is 7.54. The summed E-state index contributed by atoms with van der Waals surface area (Å²) in [7, 11) is 1.66. The highest BCUT2D eigenvalue weighted by Crippen LogP contribution is 2.19. The van der Waals surface area contributed by atoms with E-state index in [9.17, 15) is 8.78 Å². The number of aliphatic imine (C=N–C) groups is 1. The fourth-order valence-electron chi connectivity index (χ4n) is 1.99. The Morgan fingerprint density at radius 1 is 1.32 bits per heavy atom. The van der Waals surface area contributed by atoms with Gasteiger partial charge in [-0.3, -0.25) is 4.99 Å². The van der Waals surface area contributed by atoms with Crippen LogP contribution in [0.4, 0.5) is 8.78 Å². The number of halogens is 2. The zero-order chi connectivity index (χ0) is 16.4. The third-order valence-corrected chi connectivity index (χ3v) is 3.18. The van der Waals surface area contributed by atoms with Crippen molar-refractivity contribution in [3.63, 3.8) is 0 Å². The Morgan fingerprint density at radius 2 is 2.09 bits per heavy atom. The van der Waals surface area contributed by atoms with Crippen molar-refractivity contribution in [1.29, 1.82) is 0 Å². The summed E-state index contributed by atoms with van der Waals surface area (Å²) in [5.41, 5.74) is 0.473. The molecule has 0 radical (unpaired) electrons. The Balaban J connectivity index is 2.60. The zero-order valence-corrected chi connectivity index (χ0v) is 13.5. The highest BCUT2D eigenvalue weighted by Gasteiger charge is 2.11. The van der Waals surface area contributed by atoms with Gasteiger partial charge in [-0.15, -0.1) is 0 Å². The van der Waals surface area contributed by atoms with E-state index in [0.29, 0.717) is 24.7 Å². The lowest BCUT2D eigenvalue weighted by Gasteiger charge is -2.14. The molecule has 0 aliphatic carbocycles. The van der Waals surface area contributed by atoms with Crippen molar-refractivity contribution in [3.05, 3.63) is 35.4 Å². The van der Waals surface area contributed by atoms with Gasteiger partial charge < -0.3 is 15.4 Å². The standard InChI is InChI=1S/C16H25F2N3O/c1-4-19-16(20-8-5-9-22-3)21-11-12(2)14-7-6-13(17)10-15(14)18/h6-7,10,12H,4-5,8-9,11H2,1-3H3,(H2,19,20,21). The lowest BCUT2D eigenvalue weighted by Crippen LogP contribution is -2.38. The molecular formula is C16H25F2N3O. The summed E-state index contributed by atoms with van der Waals surface area (Å²) in [5, 5.41) is 6.33. The van der Waals surface area contributed by atoms with Crippen LogP contribution >= 0.6 is 0 Å². The number of nitrogens with one attached hydrogen (secondary N) is 2. The molecule has 1 atom stereocenters. The minimum Gasteiger partial charge on any atom is -0.385 e. The first kappa shape index (κ1) is 18.4. The molecule has 0 aromatic heterocycles. The van der Waals surface area contributed by atoms with Gasteiger partial charge in [-0.25, -0.2) is 8.78 Å². The van der Waals surface area contributed by atoms with E-state index >= 15 is 0 Å². The van der Waals surface area contributed by atoms with Crippen molar-refractivity contribution >= 4 is 5.96 Å². The van der Waals surface area contributed by atoms with Gasteiger partial charge in [0.25, 0.3) is 0 Å². The van der Waals surface area contributed by atoms with E-state index in [1.807, 2.05) is 13.8 Å². The normalized spacial score (nSPS) is 13.0. The van der Waals surface area contributed by atoms with Gasteiger partial charge in [0.15, 0.2) is 5.96 Å². The Bertz CT molecular complexity index is 480. The zero-order valence-electron chi connectivity index (χ0n) is 13.5. The molecule has 0 saturated heterocycles. The van der Waals surface area contributed by atoms with Crippen LogP contribution in [0.5, 0.6) is 0 Å². The number of hydrogen-bond acceptors (Lipinski definition) is 2. The molecule has 1 rings (SSSR count). The highest BCUT2D eigenvalue weighted by molar-refractivity contribution is 5.79. The van der Waals surface area contributed by atoms with Crippen LogP contribution in [0.25, 0.3) is 0 Å². The largest absolute Gasteiger partial charge is 0.385 e. The van der Waals surface area contributed by atoms with E-state index in [4.69, 9.17) is 4.74 Å². The summed E-state index contributed by atoms with van der Waals surface area (Å²) < 4.78 is 31.6. The smallest absolute Gasteiger partial charge is 0.191 e. The molecule has 1 aromatic rings. The first-order valence-electron chi connectivity index (χ1n) is 7.54. The monoisotopic (exact) mass is 313 g/mol. The highest BCUT2D eigenvalue weighted by atomic mass is 19.1. The summed E-state index contributed by atoms with van der Waals surface area (Å²) in [5.74, 6) is -0.533. The third kappa shape index (κ3) is 6.39. The lowest BCUT2D eigenvalue weighted by molar-refractivity contribution is 0.195. The summed E-state index contributed by atoms with van der Waals surface area (Å²) in [6.45, 7) is 6.45. The van der Waals surface area contributed by atoms with Gasteiger partial charge in [-0.05, 0) is 25.0 Å². The van der Waals surface area contributed by atoms with E-state index < -0.39 is 11.6 Å². The molecule has 0 amide bonds. The molecule has 0 bridgehead atoms. The Kier molecular flexibility index (Phi) is 8.43. The van der Waals surface area contributed by atoms with Gasteiger partial charge in [-0.1, -0.05) is 13.0 Å². The number of methoxy groups -OCH3 is 1. The summed E-state index contributed by atoms with van der Waals surface area (Å²) >= 11 is 0. The molecule has 0 aliphatic rings. The van der Waals surface area contributed by atoms with Crippen LogP contribution in [-0.4, -0.2) is 39.3 Å². The molecule has 4 nitrogen and oxygen atoms in total. The Labute approximate surface area is 131 Å². The fraction of sp³-hybridized carbons (Fsp3) is 0.562. The first-order chi connectivity index (χ1) is 10.6. The van der Waals surface area contributed by atoms with Gasteiger partial charge >= 0.3 is 0 Å². The molecule has 0 fully saturated rings. The summed E-state index contributed by atoms with van der Waals surface area (Å²) in [6.07, 6.45) is 0.878. The van der Waals surface area contributed by atoms with Gasteiger partial charge in [0.1, 0.15) is 11.6 Å². The van der Waals surface area contributed by atoms with E-state index in [2.05, 4.69) is 15.6 Å². The quantitative estimate of drug-likeness (QED) is 0.441. The van der Waals surface area contributed by atoms with Crippen molar-refractivity contribution in [2.24, 2.45) is 4.99 Å². The molecular weight excluding hydrogens is 288 g/mol. The van der Waals surface area contributed by atoms with Crippen LogP contribution in [0.15, 0.2) is 23.2 Å². The molecule has 1 aromatic carbocycles. The molecule has 0 saturated carbocycles. The number of rotatable bonds is 8. The van der Waals surface area contributed by atoms with E-state index in [-0.39, 0.29) is 5.92 Å². The van der Waals surface area contributed by atoms with Crippen LogP contribution < -0.4 is 10.6 Å². The average Bonchev–Trinajstić information content (AvgIpc) is 2.48. The van der Waals surface area contributed by atoms with Gasteiger partial charge in [0, 0.05) is 45.3 Å². The Morgan fingerprint density at radius 3 is 2.73 bits per heavy atom. The molecule has 22 heavy (non-hydrogen) atoms. The molecule has 0 aliphatic heterocycles. The number of ether oxygens (including phenoxy) is 1.